The normalized spacial score (nSPS) is 14.6. The highest BCUT2D eigenvalue weighted by molar-refractivity contribution is 5.81. The van der Waals surface area contributed by atoms with Crippen LogP contribution in [0.15, 0.2) is 18.2 Å². The Morgan fingerprint density at radius 3 is 2.43 bits per heavy atom. The van der Waals surface area contributed by atoms with Crippen molar-refractivity contribution in [1.29, 1.82) is 0 Å². The molecule has 6 heteroatoms. The fourth-order valence-corrected chi connectivity index (χ4v) is 1.70. The van der Waals surface area contributed by atoms with E-state index in [2.05, 4.69) is 10.6 Å². The van der Waals surface area contributed by atoms with E-state index in [0.717, 1.165) is 12.1 Å². The van der Waals surface area contributed by atoms with Crippen molar-refractivity contribution in [3.05, 3.63) is 35.4 Å². The van der Waals surface area contributed by atoms with Crippen LogP contribution in [0.3, 0.4) is 0 Å². The van der Waals surface area contributed by atoms with Gasteiger partial charge in [-0.25, -0.2) is 8.78 Å². The molecule has 21 heavy (non-hydrogen) atoms. The molecule has 0 aliphatic rings. The molecule has 4 nitrogen and oxygen atoms in total. The van der Waals surface area contributed by atoms with Gasteiger partial charge in [0.2, 0.25) is 5.91 Å². The Balaban J connectivity index is 2.54. The molecule has 3 N–H and O–H groups in total. The molecule has 0 aromatic heterocycles. The third kappa shape index (κ3) is 5.77. The van der Waals surface area contributed by atoms with Gasteiger partial charge < -0.3 is 15.7 Å². The van der Waals surface area contributed by atoms with Gasteiger partial charge in [-0.05, 0) is 45.4 Å². The fourth-order valence-electron chi connectivity index (χ4n) is 1.70. The molecule has 0 saturated carbocycles. The monoisotopic (exact) mass is 300 g/mol. The van der Waals surface area contributed by atoms with Crippen molar-refractivity contribution in [2.24, 2.45) is 0 Å². The molecule has 2 unspecified atom stereocenters. The number of benzene rings is 1. The Morgan fingerprint density at radius 1 is 1.29 bits per heavy atom. The van der Waals surface area contributed by atoms with Gasteiger partial charge in [0.25, 0.3) is 0 Å². The summed E-state index contributed by atoms with van der Waals surface area (Å²) in [4.78, 5) is 11.8. The zero-order chi connectivity index (χ0) is 16.2. The largest absolute Gasteiger partial charge is 0.387 e. The highest BCUT2D eigenvalue weighted by atomic mass is 19.2. The molecule has 0 aliphatic carbocycles. The van der Waals surface area contributed by atoms with Gasteiger partial charge >= 0.3 is 0 Å². The summed E-state index contributed by atoms with van der Waals surface area (Å²) >= 11 is 0. The number of aliphatic hydroxyl groups is 1. The second-order valence-electron chi connectivity index (χ2n) is 6.06. The van der Waals surface area contributed by atoms with Crippen LogP contribution in [0.2, 0.25) is 0 Å². The molecule has 118 valence electrons. The molecule has 0 spiro atoms. The van der Waals surface area contributed by atoms with Crippen molar-refractivity contribution in [2.45, 2.75) is 45.4 Å². The Bertz CT molecular complexity index is 501. The van der Waals surface area contributed by atoms with E-state index in [0.29, 0.717) is 0 Å². The van der Waals surface area contributed by atoms with E-state index >= 15 is 0 Å². The lowest BCUT2D eigenvalue weighted by atomic mass is 10.1. The molecule has 2 atom stereocenters. The van der Waals surface area contributed by atoms with Crippen molar-refractivity contribution in [1.82, 2.24) is 10.6 Å². The summed E-state index contributed by atoms with van der Waals surface area (Å²) in [6.45, 7) is 7.33. The van der Waals surface area contributed by atoms with Crippen LogP contribution in [0.4, 0.5) is 8.78 Å². The van der Waals surface area contributed by atoms with Crippen molar-refractivity contribution in [3.8, 4) is 0 Å². The second kappa shape index (κ2) is 6.95. The second-order valence-corrected chi connectivity index (χ2v) is 6.06. The number of amides is 1. The van der Waals surface area contributed by atoms with Gasteiger partial charge in [0.05, 0.1) is 12.1 Å². The lowest BCUT2D eigenvalue weighted by Gasteiger charge is -2.24. The van der Waals surface area contributed by atoms with Crippen LogP contribution in [0.1, 0.15) is 39.4 Å². The van der Waals surface area contributed by atoms with Gasteiger partial charge in [0.1, 0.15) is 0 Å². The highest BCUT2D eigenvalue weighted by Crippen LogP contribution is 2.15. The first-order chi connectivity index (χ1) is 9.60. The molecule has 0 heterocycles. The first-order valence-corrected chi connectivity index (χ1v) is 6.78. The average Bonchev–Trinajstić information content (AvgIpc) is 2.36. The van der Waals surface area contributed by atoms with E-state index < -0.39 is 23.8 Å². The van der Waals surface area contributed by atoms with E-state index in [1.54, 1.807) is 6.92 Å². The van der Waals surface area contributed by atoms with E-state index in [4.69, 9.17) is 0 Å². The Kier molecular flexibility index (Phi) is 5.80. The maximum atomic E-state index is 13.1. The minimum Gasteiger partial charge on any atom is -0.387 e. The lowest BCUT2D eigenvalue weighted by molar-refractivity contribution is -0.124. The van der Waals surface area contributed by atoms with Crippen LogP contribution < -0.4 is 10.6 Å². The molecule has 0 radical (unpaired) electrons. The number of aliphatic hydroxyl groups excluding tert-OH is 1. The van der Waals surface area contributed by atoms with Gasteiger partial charge in [0, 0.05) is 12.1 Å². The van der Waals surface area contributed by atoms with Crippen LogP contribution in [-0.2, 0) is 4.79 Å². The molecule has 1 aromatic rings. The quantitative estimate of drug-likeness (QED) is 0.778. The standard InChI is InChI=1S/C15H22F2N2O2/c1-9(14(21)19-15(2,3)4)18-8-13(20)10-5-6-11(16)12(17)7-10/h5-7,9,13,18,20H,8H2,1-4H3,(H,19,21). The van der Waals surface area contributed by atoms with E-state index in [9.17, 15) is 18.7 Å². The van der Waals surface area contributed by atoms with Crippen LogP contribution in [0.5, 0.6) is 0 Å². The molecular weight excluding hydrogens is 278 g/mol. The van der Waals surface area contributed by atoms with E-state index in [1.807, 2.05) is 20.8 Å². The third-order valence-corrected chi connectivity index (χ3v) is 2.84. The van der Waals surface area contributed by atoms with Gasteiger partial charge in [0.15, 0.2) is 11.6 Å². The van der Waals surface area contributed by atoms with Gasteiger partial charge in [-0.1, -0.05) is 6.07 Å². The lowest BCUT2D eigenvalue weighted by Crippen LogP contribution is -2.50. The molecule has 0 fully saturated rings. The first kappa shape index (κ1) is 17.5. The zero-order valence-corrected chi connectivity index (χ0v) is 12.7. The molecular formula is C15H22F2N2O2. The summed E-state index contributed by atoms with van der Waals surface area (Å²) in [5.41, 5.74) is -0.0871. The first-order valence-electron chi connectivity index (χ1n) is 6.78. The van der Waals surface area contributed by atoms with Crippen LogP contribution in [-0.4, -0.2) is 29.1 Å². The fraction of sp³-hybridized carbons (Fsp3) is 0.533. The summed E-state index contributed by atoms with van der Waals surface area (Å²) in [7, 11) is 0. The number of carbonyl (C=O) groups is 1. The van der Waals surface area contributed by atoms with Crippen LogP contribution in [0.25, 0.3) is 0 Å². The maximum Gasteiger partial charge on any atom is 0.237 e. The Labute approximate surface area is 123 Å². The third-order valence-electron chi connectivity index (χ3n) is 2.84. The molecule has 1 aromatic carbocycles. The smallest absolute Gasteiger partial charge is 0.237 e. The van der Waals surface area contributed by atoms with Gasteiger partial charge in [-0.15, -0.1) is 0 Å². The van der Waals surface area contributed by atoms with Crippen LogP contribution >= 0.6 is 0 Å². The molecule has 1 rings (SSSR count). The maximum absolute atomic E-state index is 13.1. The molecule has 0 saturated heterocycles. The van der Waals surface area contributed by atoms with Crippen LogP contribution in [0, 0.1) is 11.6 Å². The average molecular weight is 300 g/mol. The molecule has 0 bridgehead atoms. The predicted molar refractivity (Wildman–Crippen MR) is 76.7 cm³/mol. The molecule has 1 amide bonds. The molecule has 0 aliphatic heterocycles. The Hall–Kier alpha value is -1.53. The minimum absolute atomic E-state index is 0.0593. The number of nitrogens with one attached hydrogen (secondary N) is 2. The van der Waals surface area contributed by atoms with Crippen molar-refractivity contribution in [2.75, 3.05) is 6.54 Å². The summed E-state index contributed by atoms with van der Waals surface area (Å²) < 4.78 is 25.9. The zero-order valence-electron chi connectivity index (χ0n) is 12.7. The number of rotatable bonds is 5. The summed E-state index contributed by atoms with van der Waals surface area (Å²) in [6.07, 6.45) is -1.02. The SMILES string of the molecule is CC(NCC(O)c1ccc(F)c(F)c1)C(=O)NC(C)(C)C. The predicted octanol–water partition coefficient (Wildman–Crippen LogP) is 1.89. The number of halogens is 2. The summed E-state index contributed by atoms with van der Waals surface area (Å²) in [6, 6.07) is 2.71. The highest BCUT2D eigenvalue weighted by Gasteiger charge is 2.20. The van der Waals surface area contributed by atoms with E-state index in [1.165, 1.54) is 6.07 Å². The van der Waals surface area contributed by atoms with Gasteiger partial charge in [-0.2, -0.15) is 0 Å². The van der Waals surface area contributed by atoms with Crippen molar-refractivity contribution in [3.63, 3.8) is 0 Å². The number of hydrogen-bond acceptors (Lipinski definition) is 3. The van der Waals surface area contributed by atoms with E-state index in [-0.39, 0.29) is 23.6 Å². The number of carbonyl (C=O) groups excluding carboxylic acids is 1. The van der Waals surface area contributed by atoms with Gasteiger partial charge in [-0.3, -0.25) is 4.79 Å². The minimum atomic E-state index is -1.02. The van der Waals surface area contributed by atoms with Crippen molar-refractivity contribution >= 4 is 5.91 Å². The van der Waals surface area contributed by atoms with Crippen molar-refractivity contribution < 1.29 is 18.7 Å². The topological polar surface area (TPSA) is 61.4 Å². The summed E-state index contributed by atoms with van der Waals surface area (Å²) in [5.74, 6) is -2.16. The summed E-state index contributed by atoms with van der Waals surface area (Å²) in [5, 5.41) is 15.6. The number of hydrogen-bond donors (Lipinski definition) is 3. The Morgan fingerprint density at radius 2 is 1.90 bits per heavy atom.